The molecule has 1 aromatic heterocycles. The van der Waals surface area contributed by atoms with Crippen LogP contribution in [0, 0.1) is 12.8 Å². The van der Waals surface area contributed by atoms with Crippen molar-refractivity contribution in [3.63, 3.8) is 0 Å². The number of rotatable bonds is 5. The van der Waals surface area contributed by atoms with Crippen LogP contribution in [0.3, 0.4) is 0 Å². The van der Waals surface area contributed by atoms with Crippen molar-refractivity contribution in [1.29, 1.82) is 0 Å². The number of amides is 2. The van der Waals surface area contributed by atoms with Crippen molar-refractivity contribution in [2.45, 2.75) is 59.2 Å². The fraction of sp³-hybridized carbons (Fsp3) is 0.625. The third-order valence-electron chi connectivity index (χ3n) is 4.10. The second-order valence-corrected chi connectivity index (χ2v) is 6.05. The molecule has 0 radical (unpaired) electrons. The molecule has 0 spiro atoms. The molecule has 2 rings (SSSR count). The molecule has 2 amide bonds. The summed E-state index contributed by atoms with van der Waals surface area (Å²) in [5, 5.41) is 3.02. The van der Waals surface area contributed by atoms with E-state index in [1.165, 1.54) is 0 Å². The van der Waals surface area contributed by atoms with Gasteiger partial charge in [0.05, 0.1) is 12.2 Å². The Labute approximate surface area is 121 Å². The van der Waals surface area contributed by atoms with E-state index < -0.39 is 0 Å². The molecule has 1 heterocycles. The fourth-order valence-electron chi connectivity index (χ4n) is 2.31. The quantitative estimate of drug-likeness (QED) is 0.897. The van der Waals surface area contributed by atoms with Gasteiger partial charge in [-0.3, -0.25) is 4.98 Å². The van der Waals surface area contributed by atoms with Gasteiger partial charge in [0.15, 0.2) is 0 Å². The maximum absolute atomic E-state index is 12.4. The number of hydrogen-bond acceptors (Lipinski definition) is 2. The van der Waals surface area contributed by atoms with E-state index in [1.807, 2.05) is 24.0 Å². The van der Waals surface area contributed by atoms with E-state index in [2.05, 4.69) is 31.1 Å². The SMILES string of the molecule is Cc1cccnc1CNC(=O)N(C1CC1)C(C)C(C)C. The van der Waals surface area contributed by atoms with E-state index in [-0.39, 0.29) is 12.1 Å². The van der Waals surface area contributed by atoms with Gasteiger partial charge in [0, 0.05) is 18.3 Å². The average Bonchev–Trinajstić information content (AvgIpc) is 3.22. The highest BCUT2D eigenvalue weighted by Gasteiger charge is 2.36. The van der Waals surface area contributed by atoms with Gasteiger partial charge in [-0.05, 0) is 44.2 Å². The van der Waals surface area contributed by atoms with E-state index >= 15 is 0 Å². The Hall–Kier alpha value is -1.58. The number of aryl methyl sites for hydroxylation is 1. The predicted octanol–water partition coefficient (Wildman–Crippen LogP) is 3.11. The number of hydrogen-bond donors (Lipinski definition) is 1. The van der Waals surface area contributed by atoms with Crippen molar-refractivity contribution < 1.29 is 4.79 Å². The van der Waals surface area contributed by atoms with Crippen LogP contribution in [-0.2, 0) is 6.54 Å². The van der Waals surface area contributed by atoms with Gasteiger partial charge in [-0.15, -0.1) is 0 Å². The summed E-state index contributed by atoms with van der Waals surface area (Å²) in [6.07, 6.45) is 4.03. The van der Waals surface area contributed by atoms with Gasteiger partial charge in [-0.2, -0.15) is 0 Å². The lowest BCUT2D eigenvalue weighted by Crippen LogP contribution is -2.48. The molecule has 1 aliphatic rings. The molecule has 1 unspecified atom stereocenters. The first kappa shape index (κ1) is 14.8. The maximum Gasteiger partial charge on any atom is 0.318 e. The molecule has 20 heavy (non-hydrogen) atoms. The van der Waals surface area contributed by atoms with Crippen molar-refractivity contribution in [3.8, 4) is 0 Å². The Morgan fingerprint density at radius 3 is 2.70 bits per heavy atom. The van der Waals surface area contributed by atoms with Crippen LogP contribution in [0.2, 0.25) is 0 Å². The summed E-state index contributed by atoms with van der Waals surface area (Å²) in [5.74, 6) is 0.470. The summed E-state index contributed by atoms with van der Waals surface area (Å²) < 4.78 is 0. The maximum atomic E-state index is 12.4. The van der Waals surface area contributed by atoms with Crippen LogP contribution in [0.4, 0.5) is 4.79 Å². The summed E-state index contributed by atoms with van der Waals surface area (Å²) in [7, 11) is 0. The van der Waals surface area contributed by atoms with E-state index in [9.17, 15) is 4.79 Å². The largest absolute Gasteiger partial charge is 0.332 e. The van der Waals surface area contributed by atoms with Crippen LogP contribution in [0.5, 0.6) is 0 Å². The number of nitrogens with zero attached hydrogens (tertiary/aromatic N) is 2. The van der Waals surface area contributed by atoms with Crippen LogP contribution in [0.25, 0.3) is 0 Å². The second kappa shape index (κ2) is 6.25. The highest BCUT2D eigenvalue weighted by atomic mass is 16.2. The van der Waals surface area contributed by atoms with E-state index in [0.29, 0.717) is 18.5 Å². The number of carbonyl (C=O) groups excluding carboxylic acids is 1. The van der Waals surface area contributed by atoms with Crippen LogP contribution < -0.4 is 5.32 Å². The van der Waals surface area contributed by atoms with Gasteiger partial charge in [0.1, 0.15) is 0 Å². The number of carbonyl (C=O) groups is 1. The summed E-state index contributed by atoms with van der Waals surface area (Å²) in [6.45, 7) is 8.98. The fourth-order valence-corrected chi connectivity index (χ4v) is 2.31. The number of urea groups is 1. The zero-order valence-electron chi connectivity index (χ0n) is 12.9. The second-order valence-electron chi connectivity index (χ2n) is 6.05. The highest BCUT2D eigenvalue weighted by Crippen LogP contribution is 2.30. The van der Waals surface area contributed by atoms with E-state index in [4.69, 9.17) is 0 Å². The Morgan fingerprint density at radius 2 is 2.15 bits per heavy atom. The molecule has 0 saturated heterocycles. The Morgan fingerprint density at radius 1 is 1.45 bits per heavy atom. The monoisotopic (exact) mass is 275 g/mol. The number of nitrogens with one attached hydrogen (secondary N) is 1. The molecule has 110 valence electrons. The van der Waals surface area contributed by atoms with Gasteiger partial charge in [0.2, 0.25) is 0 Å². The normalized spacial score (nSPS) is 16.1. The Balaban J connectivity index is 1.97. The Kier molecular flexibility index (Phi) is 4.63. The highest BCUT2D eigenvalue weighted by molar-refractivity contribution is 5.75. The molecule has 1 aromatic rings. The lowest BCUT2D eigenvalue weighted by molar-refractivity contribution is 0.156. The van der Waals surface area contributed by atoms with Gasteiger partial charge >= 0.3 is 6.03 Å². The summed E-state index contributed by atoms with van der Waals surface area (Å²) >= 11 is 0. The molecule has 1 aliphatic carbocycles. The van der Waals surface area contributed by atoms with Crippen molar-refractivity contribution in [2.75, 3.05) is 0 Å². The van der Waals surface area contributed by atoms with E-state index in [1.54, 1.807) is 6.20 Å². The Bertz CT molecular complexity index is 469. The molecule has 4 nitrogen and oxygen atoms in total. The lowest BCUT2D eigenvalue weighted by atomic mass is 10.0. The molecule has 1 saturated carbocycles. The predicted molar refractivity (Wildman–Crippen MR) is 80.4 cm³/mol. The first-order chi connectivity index (χ1) is 9.50. The van der Waals surface area contributed by atoms with Gasteiger partial charge in [-0.25, -0.2) is 4.79 Å². The third-order valence-corrected chi connectivity index (χ3v) is 4.10. The van der Waals surface area contributed by atoms with Crippen LogP contribution in [-0.4, -0.2) is 28.0 Å². The molecule has 0 aliphatic heterocycles. The van der Waals surface area contributed by atoms with Gasteiger partial charge in [-0.1, -0.05) is 19.9 Å². The summed E-state index contributed by atoms with van der Waals surface area (Å²) in [6, 6.07) is 4.67. The van der Waals surface area contributed by atoms with Crippen LogP contribution >= 0.6 is 0 Å². The first-order valence-electron chi connectivity index (χ1n) is 7.47. The van der Waals surface area contributed by atoms with E-state index in [0.717, 1.165) is 24.1 Å². The third kappa shape index (κ3) is 3.50. The molecule has 0 aromatic carbocycles. The average molecular weight is 275 g/mol. The van der Waals surface area contributed by atoms with Crippen molar-refractivity contribution in [2.24, 2.45) is 5.92 Å². The smallest absolute Gasteiger partial charge is 0.318 e. The van der Waals surface area contributed by atoms with Gasteiger partial charge < -0.3 is 10.2 Å². The lowest BCUT2D eigenvalue weighted by Gasteiger charge is -2.32. The zero-order chi connectivity index (χ0) is 14.7. The molecule has 1 fully saturated rings. The molecule has 4 heteroatoms. The summed E-state index contributed by atoms with van der Waals surface area (Å²) in [4.78, 5) is 18.8. The summed E-state index contributed by atoms with van der Waals surface area (Å²) in [5.41, 5.74) is 2.05. The van der Waals surface area contributed by atoms with Crippen molar-refractivity contribution in [1.82, 2.24) is 15.2 Å². The molecular weight excluding hydrogens is 250 g/mol. The minimum atomic E-state index is 0.0405. The molecule has 1 atom stereocenters. The number of pyridine rings is 1. The minimum absolute atomic E-state index is 0.0405. The van der Waals surface area contributed by atoms with Crippen molar-refractivity contribution in [3.05, 3.63) is 29.6 Å². The minimum Gasteiger partial charge on any atom is -0.332 e. The topological polar surface area (TPSA) is 45.2 Å². The molecular formula is C16H25N3O. The first-order valence-corrected chi connectivity index (χ1v) is 7.47. The molecule has 1 N–H and O–H groups in total. The van der Waals surface area contributed by atoms with Gasteiger partial charge in [0.25, 0.3) is 0 Å². The van der Waals surface area contributed by atoms with Crippen LogP contribution in [0.15, 0.2) is 18.3 Å². The molecule has 0 bridgehead atoms. The zero-order valence-corrected chi connectivity index (χ0v) is 12.9. The van der Waals surface area contributed by atoms with Crippen molar-refractivity contribution >= 4 is 6.03 Å². The standard InChI is InChI=1S/C16H25N3O/c1-11(2)13(4)19(14-7-8-14)16(20)18-10-15-12(3)6-5-9-17-15/h5-6,9,11,13-14H,7-8,10H2,1-4H3,(H,18,20). The van der Waals surface area contributed by atoms with Crippen LogP contribution in [0.1, 0.15) is 44.9 Å². The number of aromatic nitrogens is 1.